The molecule has 1 unspecified atom stereocenters. The molecule has 1 aromatic rings. The zero-order chi connectivity index (χ0) is 15.8. The maximum Gasteiger partial charge on any atom is 0.232 e. The Hall–Kier alpha value is -1.87. The normalized spacial score (nSPS) is 19.1. The molecule has 0 radical (unpaired) electrons. The summed E-state index contributed by atoms with van der Waals surface area (Å²) in [6.45, 7) is 3.27. The summed E-state index contributed by atoms with van der Waals surface area (Å²) in [6, 6.07) is 0. The summed E-state index contributed by atoms with van der Waals surface area (Å²) in [4.78, 5) is 32.8. The first-order valence-corrected chi connectivity index (χ1v) is 8.04. The van der Waals surface area contributed by atoms with Gasteiger partial charge in [-0.3, -0.25) is 14.5 Å². The Bertz CT molecular complexity index is 701. The molecule has 1 aliphatic rings. The highest BCUT2D eigenvalue weighted by Crippen LogP contribution is 2.23. The van der Waals surface area contributed by atoms with Crippen LogP contribution < -0.4 is 10.0 Å². The Balaban J connectivity index is 2.21. The van der Waals surface area contributed by atoms with Crippen LogP contribution in [0.25, 0.3) is 0 Å². The van der Waals surface area contributed by atoms with Crippen molar-refractivity contribution in [1.82, 2.24) is 9.97 Å². The Morgan fingerprint density at radius 2 is 2.19 bits per heavy atom. The number of hydrogen-bond donors (Lipinski definition) is 1. The van der Waals surface area contributed by atoms with Gasteiger partial charge in [-0.25, -0.2) is 23.5 Å². The van der Waals surface area contributed by atoms with Crippen molar-refractivity contribution in [3.63, 3.8) is 0 Å². The van der Waals surface area contributed by atoms with Gasteiger partial charge in [-0.2, -0.15) is 0 Å². The Morgan fingerprint density at radius 3 is 2.71 bits per heavy atom. The summed E-state index contributed by atoms with van der Waals surface area (Å²) in [7, 11) is -3.63. The largest absolute Gasteiger partial charge is 0.294 e. The number of anilines is 1. The van der Waals surface area contributed by atoms with Gasteiger partial charge in [-0.05, 0) is 13.8 Å². The minimum atomic E-state index is -3.63. The van der Waals surface area contributed by atoms with Crippen molar-refractivity contribution >= 4 is 27.7 Å². The van der Waals surface area contributed by atoms with Crippen molar-refractivity contribution in [3.8, 4) is 0 Å². The fourth-order valence-corrected chi connectivity index (χ4v) is 3.23. The SMILES string of the molecule is CC(=O)c1cnc(N2CC(CS(N)(=O)=O)CC2=O)nc1C. The fourth-order valence-electron chi connectivity index (χ4n) is 2.35. The molecule has 2 N–H and O–H groups in total. The lowest BCUT2D eigenvalue weighted by Gasteiger charge is -2.15. The second-order valence-electron chi connectivity index (χ2n) is 5.13. The van der Waals surface area contributed by atoms with Gasteiger partial charge in [0, 0.05) is 25.1 Å². The van der Waals surface area contributed by atoms with E-state index in [1.165, 1.54) is 18.0 Å². The van der Waals surface area contributed by atoms with E-state index in [1.54, 1.807) is 6.92 Å². The molecule has 0 aromatic carbocycles. The van der Waals surface area contributed by atoms with Crippen LogP contribution >= 0.6 is 0 Å². The van der Waals surface area contributed by atoms with Crippen molar-refractivity contribution < 1.29 is 18.0 Å². The zero-order valence-corrected chi connectivity index (χ0v) is 12.6. The Morgan fingerprint density at radius 1 is 1.52 bits per heavy atom. The van der Waals surface area contributed by atoms with E-state index in [4.69, 9.17) is 5.14 Å². The molecular formula is C12H16N4O4S. The van der Waals surface area contributed by atoms with Gasteiger partial charge in [0.05, 0.1) is 17.0 Å². The molecule has 2 heterocycles. The van der Waals surface area contributed by atoms with Gasteiger partial charge in [-0.15, -0.1) is 0 Å². The number of amides is 1. The molecule has 1 aromatic heterocycles. The van der Waals surface area contributed by atoms with Crippen molar-refractivity contribution in [2.24, 2.45) is 11.1 Å². The maximum absolute atomic E-state index is 11.9. The predicted octanol–water partition coefficient (Wildman–Crippen LogP) is -0.371. The first-order chi connectivity index (χ1) is 9.67. The molecule has 1 aliphatic heterocycles. The summed E-state index contributed by atoms with van der Waals surface area (Å²) in [6.07, 6.45) is 1.47. The highest BCUT2D eigenvalue weighted by Gasteiger charge is 2.34. The van der Waals surface area contributed by atoms with E-state index in [2.05, 4.69) is 9.97 Å². The quantitative estimate of drug-likeness (QED) is 0.756. The summed E-state index contributed by atoms with van der Waals surface area (Å²) >= 11 is 0. The van der Waals surface area contributed by atoms with Gasteiger partial charge in [0.2, 0.25) is 21.9 Å². The van der Waals surface area contributed by atoms with E-state index in [0.717, 1.165) is 0 Å². The highest BCUT2D eigenvalue weighted by molar-refractivity contribution is 7.89. The first kappa shape index (κ1) is 15.5. The Labute approximate surface area is 122 Å². The van der Waals surface area contributed by atoms with E-state index < -0.39 is 10.0 Å². The van der Waals surface area contributed by atoms with Gasteiger partial charge in [-0.1, -0.05) is 0 Å². The van der Waals surface area contributed by atoms with Crippen LogP contribution in [0.4, 0.5) is 5.95 Å². The first-order valence-electron chi connectivity index (χ1n) is 6.33. The molecular weight excluding hydrogens is 296 g/mol. The smallest absolute Gasteiger partial charge is 0.232 e. The Kier molecular flexibility index (Phi) is 4.06. The van der Waals surface area contributed by atoms with Crippen LogP contribution in [0, 0.1) is 12.8 Å². The van der Waals surface area contributed by atoms with Crippen LogP contribution in [0.2, 0.25) is 0 Å². The number of aromatic nitrogens is 2. The van der Waals surface area contributed by atoms with Gasteiger partial charge in [0.1, 0.15) is 0 Å². The van der Waals surface area contributed by atoms with E-state index in [1.807, 2.05) is 0 Å². The van der Waals surface area contributed by atoms with Crippen LogP contribution in [0.5, 0.6) is 0 Å². The number of carbonyl (C=O) groups is 2. The van der Waals surface area contributed by atoms with E-state index in [-0.39, 0.29) is 42.3 Å². The molecule has 8 nitrogen and oxygen atoms in total. The third kappa shape index (κ3) is 3.61. The molecule has 1 amide bonds. The second kappa shape index (κ2) is 5.49. The molecule has 2 rings (SSSR count). The van der Waals surface area contributed by atoms with Crippen molar-refractivity contribution in [2.45, 2.75) is 20.3 Å². The summed E-state index contributed by atoms with van der Waals surface area (Å²) in [5.74, 6) is -0.847. The van der Waals surface area contributed by atoms with Crippen molar-refractivity contribution in [1.29, 1.82) is 0 Å². The number of primary sulfonamides is 1. The summed E-state index contributed by atoms with van der Waals surface area (Å²) in [5.41, 5.74) is 0.877. The summed E-state index contributed by atoms with van der Waals surface area (Å²) < 4.78 is 22.2. The monoisotopic (exact) mass is 312 g/mol. The molecule has 0 spiro atoms. The molecule has 21 heavy (non-hydrogen) atoms. The predicted molar refractivity (Wildman–Crippen MR) is 75.2 cm³/mol. The lowest BCUT2D eigenvalue weighted by molar-refractivity contribution is -0.117. The number of nitrogens with two attached hydrogens (primary N) is 1. The molecule has 0 aliphatic carbocycles. The average molecular weight is 312 g/mol. The van der Waals surface area contributed by atoms with Crippen LogP contribution in [0.15, 0.2) is 6.20 Å². The number of ketones is 1. The van der Waals surface area contributed by atoms with Crippen molar-refractivity contribution in [2.75, 3.05) is 17.2 Å². The zero-order valence-electron chi connectivity index (χ0n) is 11.7. The minimum absolute atomic E-state index is 0.0906. The molecule has 1 fully saturated rings. The number of Topliss-reactive ketones (excluding diaryl/α,β-unsaturated/α-hetero) is 1. The second-order valence-corrected chi connectivity index (χ2v) is 6.79. The van der Waals surface area contributed by atoms with E-state index in [0.29, 0.717) is 11.3 Å². The molecule has 0 bridgehead atoms. The molecule has 1 saturated heterocycles. The van der Waals surface area contributed by atoms with Crippen molar-refractivity contribution in [3.05, 3.63) is 17.5 Å². The third-order valence-corrected chi connectivity index (χ3v) is 4.20. The van der Waals surface area contributed by atoms with Crippen LogP contribution in [-0.4, -0.2) is 42.4 Å². The molecule has 114 valence electrons. The van der Waals surface area contributed by atoms with E-state index >= 15 is 0 Å². The van der Waals surface area contributed by atoms with Crippen LogP contribution in [0.3, 0.4) is 0 Å². The lowest BCUT2D eigenvalue weighted by atomic mass is 10.1. The van der Waals surface area contributed by atoms with Gasteiger partial charge in [0.25, 0.3) is 0 Å². The standard InChI is InChI=1S/C12H16N4O4S/c1-7-10(8(2)17)4-14-12(15-7)16-5-9(3-11(16)18)6-21(13,19)20/h4,9H,3,5-6H2,1-2H3,(H2,13,19,20). The topological polar surface area (TPSA) is 123 Å². The maximum atomic E-state index is 11.9. The molecule has 9 heteroatoms. The number of rotatable bonds is 4. The lowest BCUT2D eigenvalue weighted by Crippen LogP contribution is -2.29. The van der Waals surface area contributed by atoms with Gasteiger partial charge < -0.3 is 0 Å². The van der Waals surface area contributed by atoms with Gasteiger partial charge >= 0.3 is 0 Å². The molecule has 0 saturated carbocycles. The van der Waals surface area contributed by atoms with E-state index in [9.17, 15) is 18.0 Å². The fraction of sp³-hybridized carbons (Fsp3) is 0.500. The molecule has 1 atom stereocenters. The number of nitrogens with zero attached hydrogens (tertiary/aromatic N) is 3. The summed E-state index contributed by atoms with van der Waals surface area (Å²) in [5, 5.41) is 5.00. The number of carbonyl (C=O) groups excluding carboxylic acids is 2. The number of aryl methyl sites for hydroxylation is 1. The minimum Gasteiger partial charge on any atom is -0.294 e. The van der Waals surface area contributed by atoms with Crippen LogP contribution in [-0.2, 0) is 14.8 Å². The number of hydrogen-bond acceptors (Lipinski definition) is 6. The van der Waals surface area contributed by atoms with Crippen LogP contribution in [0.1, 0.15) is 29.4 Å². The highest BCUT2D eigenvalue weighted by atomic mass is 32.2. The average Bonchev–Trinajstić information content (AvgIpc) is 2.66. The number of sulfonamides is 1. The van der Waals surface area contributed by atoms with Gasteiger partial charge in [0.15, 0.2) is 5.78 Å². The third-order valence-electron chi connectivity index (χ3n) is 3.26.